The third-order valence-electron chi connectivity index (χ3n) is 6.41. The van der Waals surface area contributed by atoms with Crippen molar-refractivity contribution in [3.8, 4) is 5.75 Å². The number of barbiturate groups is 1. The zero-order valence-corrected chi connectivity index (χ0v) is 23.2. The minimum absolute atomic E-state index is 0.0691. The number of anilines is 2. The number of nitrogens with zero attached hydrogens (tertiary/aromatic N) is 1. The number of hydrogen-bond donors (Lipinski definition) is 2. The highest BCUT2D eigenvalue weighted by molar-refractivity contribution is 6.40. The highest BCUT2D eigenvalue weighted by Gasteiger charge is 2.37. The second-order valence-corrected chi connectivity index (χ2v) is 9.94. The number of halogens is 2. The summed E-state index contributed by atoms with van der Waals surface area (Å²) in [6.07, 6.45) is 1.28. The van der Waals surface area contributed by atoms with Crippen molar-refractivity contribution in [3.05, 3.63) is 92.0 Å². The molecule has 3 aromatic rings. The van der Waals surface area contributed by atoms with Gasteiger partial charge in [0.1, 0.15) is 5.57 Å². The zero-order chi connectivity index (χ0) is 28.4. The van der Waals surface area contributed by atoms with Gasteiger partial charge in [0.25, 0.3) is 17.7 Å². The molecule has 0 spiro atoms. The summed E-state index contributed by atoms with van der Waals surface area (Å²) in [4.78, 5) is 51.6. The molecule has 1 saturated heterocycles. The number of imide groups is 2. The van der Waals surface area contributed by atoms with Gasteiger partial charge in [0, 0.05) is 5.69 Å². The van der Waals surface area contributed by atoms with Crippen LogP contribution in [0.5, 0.6) is 5.75 Å². The van der Waals surface area contributed by atoms with Crippen molar-refractivity contribution in [1.29, 1.82) is 0 Å². The maximum Gasteiger partial charge on any atom is 0.335 e. The zero-order valence-electron chi connectivity index (χ0n) is 21.6. The average Bonchev–Trinajstić information content (AvgIpc) is 2.86. The second-order valence-electron chi connectivity index (χ2n) is 9.12. The Bertz CT molecular complexity index is 1540. The fourth-order valence-electron chi connectivity index (χ4n) is 3.93. The molecule has 200 valence electrons. The van der Waals surface area contributed by atoms with Crippen molar-refractivity contribution < 1.29 is 23.9 Å². The number of nitrogens with one attached hydrogen (secondary N) is 2. The van der Waals surface area contributed by atoms with E-state index in [9.17, 15) is 19.2 Å². The van der Waals surface area contributed by atoms with Crippen LogP contribution in [-0.4, -0.2) is 30.4 Å². The first kappa shape index (κ1) is 27.9. The third-order valence-corrected chi connectivity index (χ3v) is 6.97. The molecule has 0 unspecified atom stereocenters. The van der Waals surface area contributed by atoms with Crippen molar-refractivity contribution in [2.75, 3.05) is 16.8 Å². The third kappa shape index (κ3) is 5.97. The van der Waals surface area contributed by atoms with Crippen LogP contribution in [0.15, 0.2) is 54.1 Å². The van der Waals surface area contributed by atoms with Crippen molar-refractivity contribution in [2.45, 2.75) is 27.7 Å². The normalized spacial score (nSPS) is 14.5. The first-order valence-corrected chi connectivity index (χ1v) is 12.7. The van der Waals surface area contributed by atoms with E-state index in [-0.39, 0.29) is 28.0 Å². The Labute approximate surface area is 235 Å². The molecule has 8 nitrogen and oxygen atoms in total. The minimum atomic E-state index is -0.847. The van der Waals surface area contributed by atoms with E-state index >= 15 is 0 Å². The molecule has 0 aliphatic carbocycles. The van der Waals surface area contributed by atoms with E-state index in [2.05, 4.69) is 10.6 Å². The van der Waals surface area contributed by atoms with Crippen LogP contribution < -0.4 is 20.3 Å². The first-order valence-electron chi connectivity index (χ1n) is 11.9. The Hall–Kier alpha value is -4.14. The number of ether oxygens (including phenoxy) is 1. The average molecular weight is 566 g/mol. The van der Waals surface area contributed by atoms with Gasteiger partial charge in [-0.25, -0.2) is 9.69 Å². The molecule has 1 aliphatic rings. The molecule has 3 aromatic carbocycles. The van der Waals surface area contributed by atoms with Crippen LogP contribution in [-0.2, 0) is 14.4 Å². The van der Waals surface area contributed by atoms with E-state index in [0.717, 1.165) is 27.2 Å². The number of amides is 5. The maximum absolute atomic E-state index is 13.2. The number of hydrogen-bond acceptors (Lipinski definition) is 5. The van der Waals surface area contributed by atoms with E-state index in [1.165, 1.54) is 18.2 Å². The van der Waals surface area contributed by atoms with E-state index in [4.69, 9.17) is 27.9 Å². The van der Waals surface area contributed by atoms with Crippen molar-refractivity contribution in [2.24, 2.45) is 0 Å². The van der Waals surface area contributed by atoms with Crippen LogP contribution >= 0.6 is 23.2 Å². The highest BCUT2D eigenvalue weighted by atomic mass is 35.5. The molecule has 1 heterocycles. The molecule has 2 N–H and O–H groups in total. The fourth-order valence-corrected chi connectivity index (χ4v) is 4.55. The van der Waals surface area contributed by atoms with Crippen molar-refractivity contribution in [1.82, 2.24) is 5.32 Å². The monoisotopic (exact) mass is 565 g/mol. The van der Waals surface area contributed by atoms with Gasteiger partial charge < -0.3 is 10.1 Å². The smallest absolute Gasteiger partial charge is 0.335 e. The van der Waals surface area contributed by atoms with Gasteiger partial charge in [-0.1, -0.05) is 41.4 Å². The van der Waals surface area contributed by atoms with Crippen molar-refractivity contribution in [3.63, 3.8) is 0 Å². The number of aryl methyl sites for hydroxylation is 3. The SMILES string of the molecule is Cc1ccc(N2C(=O)NC(=O)/C(=C/c3cc(Cl)c(OCC(=O)Nc4cccc(C)c4C)c(Cl)c3)C2=O)cc1C. The molecule has 0 radical (unpaired) electrons. The molecule has 0 atom stereocenters. The van der Waals surface area contributed by atoms with Gasteiger partial charge in [-0.05, 0) is 91.9 Å². The Morgan fingerprint density at radius 2 is 1.64 bits per heavy atom. The predicted molar refractivity (Wildman–Crippen MR) is 151 cm³/mol. The minimum Gasteiger partial charge on any atom is -0.481 e. The Morgan fingerprint density at radius 1 is 0.949 bits per heavy atom. The second kappa shape index (κ2) is 11.3. The van der Waals surface area contributed by atoms with Gasteiger partial charge in [-0.15, -0.1) is 0 Å². The highest BCUT2D eigenvalue weighted by Crippen LogP contribution is 2.35. The lowest BCUT2D eigenvalue weighted by Gasteiger charge is -2.27. The van der Waals surface area contributed by atoms with E-state index < -0.39 is 23.8 Å². The van der Waals surface area contributed by atoms with E-state index in [1.54, 1.807) is 24.3 Å². The maximum atomic E-state index is 13.2. The van der Waals surface area contributed by atoms with Crippen molar-refractivity contribution >= 4 is 64.4 Å². The molecule has 0 saturated carbocycles. The van der Waals surface area contributed by atoms with Gasteiger partial charge in [-0.2, -0.15) is 0 Å². The molecule has 4 rings (SSSR count). The largest absolute Gasteiger partial charge is 0.481 e. The fraction of sp³-hybridized carbons (Fsp3) is 0.172. The standard InChI is InChI=1S/C29H25Cl2N3O5/c1-15-8-9-20(10-17(15)3)34-28(37)21(27(36)33-29(34)38)11-19-12-22(30)26(23(31)13-19)39-14-25(35)32-24-7-5-6-16(2)18(24)4/h5-13H,14H2,1-4H3,(H,32,35)(H,33,36,38)/b21-11-. The summed E-state index contributed by atoms with van der Waals surface area (Å²) in [6, 6.07) is 12.7. The number of benzene rings is 3. The van der Waals surface area contributed by atoms with Crippen LogP contribution in [0, 0.1) is 27.7 Å². The molecule has 39 heavy (non-hydrogen) atoms. The van der Waals surface area contributed by atoms with Gasteiger partial charge in [0.15, 0.2) is 12.4 Å². The quantitative estimate of drug-likeness (QED) is 0.285. The lowest BCUT2D eigenvalue weighted by atomic mass is 10.0. The predicted octanol–water partition coefficient (Wildman–Crippen LogP) is 5.91. The van der Waals surface area contributed by atoms with Crippen LogP contribution in [0.25, 0.3) is 6.08 Å². The number of carbonyl (C=O) groups excluding carboxylic acids is 4. The Balaban J connectivity index is 1.53. The number of rotatable bonds is 6. The first-order chi connectivity index (χ1) is 18.5. The van der Waals surface area contributed by atoms with Gasteiger partial charge in [-0.3, -0.25) is 19.7 Å². The summed E-state index contributed by atoms with van der Waals surface area (Å²) < 4.78 is 5.57. The molecule has 1 aliphatic heterocycles. The number of carbonyl (C=O) groups is 4. The Kier molecular flexibility index (Phi) is 8.09. The van der Waals surface area contributed by atoms with Gasteiger partial charge in [0.05, 0.1) is 15.7 Å². The summed E-state index contributed by atoms with van der Waals surface area (Å²) >= 11 is 12.7. The molecule has 0 aromatic heterocycles. The summed E-state index contributed by atoms with van der Waals surface area (Å²) in [5.74, 6) is -1.96. The summed E-state index contributed by atoms with van der Waals surface area (Å²) in [5.41, 5.74) is 4.91. The van der Waals surface area contributed by atoms with Crippen LogP contribution in [0.3, 0.4) is 0 Å². The van der Waals surface area contributed by atoms with Crippen LogP contribution in [0.4, 0.5) is 16.2 Å². The number of urea groups is 1. The van der Waals surface area contributed by atoms with Gasteiger partial charge in [0.2, 0.25) is 0 Å². The van der Waals surface area contributed by atoms with Crippen LogP contribution in [0.2, 0.25) is 10.0 Å². The lowest BCUT2D eigenvalue weighted by Crippen LogP contribution is -2.54. The molecular weight excluding hydrogens is 541 g/mol. The summed E-state index contributed by atoms with van der Waals surface area (Å²) in [6.45, 7) is 7.27. The molecule has 1 fully saturated rings. The summed E-state index contributed by atoms with van der Waals surface area (Å²) in [7, 11) is 0. The molecule has 0 bridgehead atoms. The van der Waals surface area contributed by atoms with Gasteiger partial charge >= 0.3 is 6.03 Å². The molecular formula is C29H25Cl2N3O5. The molecule has 5 amide bonds. The Morgan fingerprint density at radius 3 is 2.31 bits per heavy atom. The van der Waals surface area contributed by atoms with E-state index in [1.807, 2.05) is 39.8 Å². The summed E-state index contributed by atoms with van der Waals surface area (Å²) in [5, 5.41) is 5.11. The molecule has 10 heteroatoms. The topological polar surface area (TPSA) is 105 Å². The van der Waals surface area contributed by atoms with Crippen LogP contribution in [0.1, 0.15) is 27.8 Å². The lowest BCUT2D eigenvalue weighted by molar-refractivity contribution is -0.122. The van der Waals surface area contributed by atoms with E-state index in [0.29, 0.717) is 16.9 Å².